The molecule has 0 saturated carbocycles. The van der Waals surface area contributed by atoms with E-state index in [9.17, 15) is 13.6 Å². The molecule has 0 radical (unpaired) electrons. The second-order valence-electron chi connectivity index (χ2n) is 2.10. The molecular formula is C6H11O4S-. The first-order valence-corrected chi connectivity index (χ1v) is 4.49. The standard InChI is InChI=1S/C6H12O4S/c1-3-5(4-11(8)9)6(7)10-2/h5H,3-4H2,1-2H3,(H,8,9)/p-1. The predicted octanol–water partition coefficient (Wildman–Crippen LogP) is 0.0647. The zero-order valence-electron chi connectivity index (χ0n) is 6.53. The Hall–Kier alpha value is -0.420. The van der Waals surface area contributed by atoms with Gasteiger partial charge in [-0.3, -0.25) is 9.00 Å². The number of rotatable bonds is 4. The van der Waals surface area contributed by atoms with Crippen LogP contribution in [0.3, 0.4) is 0 Å². The van der Waals surface area contributed by atoms with Gasteiger partial charge < -0.3 is 9.29 Å². The maximum Gasteiger partial charge on any atom is 0.309 e. The average molecular weight is 179 g/mol. The molecule has 0 bridgehead atoms. The summed E-state index contributed by atoms with van der Waals surface area (Å²) >= 11 is -2.17. The quantitative estimate of drug-likeness (QED) is 0.452. The fourth-order valence-electron chi connectivity index (χ4n) is 0.683. The Kier molecular flexibility index (Phi) is 5.06. The molecule has 0 aliphatic heterocycles. The summed E-state index contributed by atoms with van der Waals surface area (Å²) in [7, 11) is 1.25. The number of methoxy groups -OCH3 is 1. The van der Waals surface area contributed by atoms with Crippen LogP contribution in [-0.4, -0.2) is 27.6 Å². The SMILES string of the molecule is CCC(CS(=O)[O-])C(=O)OC. The third kappa shape index (κ3) is 4.10. The first-order valence-electron chi connectivity index (χ1n) is 3.25. The molecule has 0 aliphatic carbocycles. The number of carbonyl (C=O) groups excluding carboxylic acids is 1. The summed E-state index contributed by atoms with van der Waals surface area (Å²) in [5, 5.41) is 0. The fraction of sp³-hybridized carbons (Fsp3) is 0.833. The highest BCUT2D eigenvalue weighted by atomic mass is 32.2. The van der Waals surface area contributed by atoms with Crippen LogP contribution in [0.15, 0.2) is 0 Å². The van der Waals surface area contributed by atoms with Gasteiger partial charge in [0.2, 0.25) is 0 Å². The van der Waals surface area contributed by atoms with Gasteiger partial charge in [0.1, 0.15) is 0 Å². The van der Waals surface area contributed by atoms with Crippen molar-refractivity contribution in [2.24, 2.45) is 5.92 Å². The fourth-order valence-corrected chi connectivity index (χ4v) is 1.38. The molecule has 0 fully saturated rings. The first kappa shape index (κ1) is 10.6. The maximum atomic E-state index is 10.8. The number of esters is 1. The van der Waals surface area contributed by atoms with E-state index in [-0.39, 0.29) is 5.75 Å². The minimum absolute atomic E-state index is 0.150. The van der Waals surface area contributed by atoms with E-state index in [1.165, 1.54) is 7.11 Å². The molecule has 2 unspecified atom stereocenters. The van der Waals surface area contributed by atoms with E-state index in [1.807, 2.05) is 0 Å². The van der Waals surface area contributed by atoms with Crippen LogP contribution < -0.4 is 0 Å². The molecule has 11 heavy (non-hydrogen) atoms. The monoisotopic (exact) mass is 179 g/mol. The number of carbonyl (C=O) groups is 1. The van der Waals surface area contributed by atoms with E-state index in [0.717, 1.165) is 0 Å². The molecule has 0 amide bonds. The molecule has 0 saturated heterocycles. The molecule has 2 atom stereocenters. The highest BCUT2D eigenvalue weighted by Gasteiger charge is 2.16. The summed E-state index contributed by atoms with van der Waals surface area (Å²) in [6, 6.07) is 0. The van der Waals surface area contributed by atoms with Crippen molar-refractivity contribution in [2.75, 3.05) is 12.9 Å². The van der Waals surface area contributed by atoms with Gasteiger partial charge in [-0.25, -0.2) is 0 Å². The van der Waals surface area contributed by atoms with Crippen molar-refractivity contribution in [2.45, 2.75) is 13.3 Å². The van der Waals surface area contributed by atoms with Crippen LogP contribution in [0.25, 0.3) is 0 Å². The molecule has 0 N–H and O–H groups in total. The zero-order valence-corrected chi connectivity index (χ0v) is 7.35. The van der Waals surface area contributed by atoms with Crippen LogP contribution in [-0.2, 0) is 20.6 Å². The Labute approximate surface area is 68.2 Å². The van der Waals surface area contributed by atoms with Crippen LogP contribution >= 0.6 is 0 Å². The van der Waals surface area contributed by atoms with Crippen LogP contribution in [0.2, 0.25) is 0 Å². The molecule has 0 rings (SSSR count). The summed E-state index contributed by atoms with van der Waals surface area (Å²) in [6.45, 7) is 1.74. The first-order chi connectivity index (χ1) is 5.11. The Balaban J connectivity index is 3.94. The molecule has 0 spiro atoms. The Morgan fingerprint density at radius 1 is 1.73 bits per heavy atom. The Morgan fingerprint density at radius 3 is 2.55 bits per heavy atom. The molecule has 0 heterocycles. The zero-order chi connectivity index (χ0) is 8.85. The summed E-state index contributed by atoms with van der Waals surface area (Å²) in [6.07, 6.45) is 0.487. The number of hydrogen-bond donors (Lipinski definition) is 0. The van der Waals surface area contributed by atoms with Gasteiger partial charge in [-0.15, -0.1) is 0 Å². The van der Waals surface area contributed by atoms with Crippen molar-refractivity contribution in [3.05, 3.63) is 0 Å². The van der Waals surface area contributed by atoms with Crippen molar-refractivity contribution in [3.63, 3.8) is 0 Å². The van der Waals surface area contributed by atoms with Gasteiger partial charge in [0, 0.05) is 5.75 Å². The van der Waals surface area contributed by atoms with E-state index < -0.39 is 23.0 Å². The lowest BCUT2D eigenvalue weighted by Crippen LogP contribution is -2.21. The summed E-state index contributed by atoms with van der Waals surface area (Å²) in [5.41, 5.74) is 0. The number of hydrogen-bond acceptors (Lipinski definition) is 4. The van der Waals surface area contributed by atoms with Gasteiger partial charge in [0.15, 0.2) is 0 Å². The molecule has 0 aromatic rings. The lowest BCUT2D eigenvalue weighted by molar-refractivity contribution is -0.144. The van der Waals surface area contributed by atoms with E-state index in [1.54, 1.807) is 6.92 Å². The van der Waals surface area contributed by atoms with E-state index in [0.29, 0.717) is 6.42 Å². The molecule has 5 heteroatoms. The third-order valence-electron chi connectivity index (χ3n) is 1.36. The molecule has 66 valence electrons. The van der Waals surface area contributed by atoms with Gasteiger partial charge in [-0.1, -0.05) is 18.0 Å². The van der Waals surface area contributed by atoms with Crippen LogP contribution in [0, 0.1) is 5.92 Å². The second-order valence-corrected chi connectivity index (χ2v) is 3.04. The van der Waals surface area contributed by atoms with Crippen LogP contribution in [0.5, 0.6) is 0 Å². The van der Waals surface area contributed by atoms with E-state index >= 15 is 0 Å². The van der Waals surface area contributed by atoms with Gasteiger partial charge in [0.25, 0.3) is 0 Å². The normalized spacial score (nSPS) is 15.5. The Morgan fingerprint density at radius 2 is 2.27 bits per heavy atom. The average Bonchev–Trinajstić information content (AvgIpc) is 1.98. The lowest BCUT2D eigenvalue weighted by atomic mass is 10.1. The molecule has 0 aliphatic rings. The van der Waals surface area contributed by atoms with Crippen molar-refractivity contribution < 1.29 is 18.3 Å². The largest absolute Gasteiger partial charge is 0.772 e. The Bertz CT molecular complexity index is 157. The molecule has 0 aromatic heterocycles. The second kappa shape index (κ2) is 5.26. The van der Waals surface area contributed by atoms with E-state index in [4.69, 9.17) is 0 Å². The van der Waals surface area contributed by atoms with Crippen molar-refractivity contribution in [1.29, 1.82) is 0 Å². The van der Waals surface area contributed by atoms with Crippen molar-refractivity contribution in [1.82, 2.24) is 0 Å². The smallest absolute Gasteiger partial charge is 0.309 e. The molecule has 4 nitrogen and oxygen atoms in total. The lowest BCUT2D eigenvalue weighted by Gasteiger charge is -2.13. The topological polar surface area (TPSA) is 66.4 Å². The minimum Gasteiger partial charge on any atom is -0.772 e. The molecule has 0 aromatic carbocycles. The van der Waals surface area contributed by atoms with Crippen molar-refractivity contribution in [3.8, 4) is 0 Å². The van der Waals surface area contributed by atoms with Gasteiger partial charge in [-0.2, -0.15) is 0 Å². The van der Waals surface area contributed by atoms with Gasteiger partial charge in [0.05, 0.1) is 13.0 Å². The number of ether oxygens (including phenoxy) is 1. The summed E-state index contributed by atoms with van der Waals surface area (Å²) in [5.74, 6) is -1.13. The summed E-state index contributed by atoms with van der Waals surface area (Å²) < 4.78 is 24.8. The van der Waals surface area contributed by atoms with Gasteiger partial charge >= 0.3 is 5.97 Å². The van der Waals surface area contributed by atoms with Gasteiger partial charge in [-0.05, 0) is 6.42 Å². The maximum absolute atomic E-state index is 10.8. The highest BCUT2D eigenvalue weighted by Crippen LogP contribution is 2.05. The third-order valence-corrected chi connectivity index (χ3v) is 2.04. The molecular weight excluding hydrogens is 168 g/mol. The van der Waals surface area contributed by atoms with Crippen LogP contribution in [0.1, 0.15) is 13.3 Å². The minimum atomic E-state index is -2.17. The van der Waals surface area contributed by atoms with Crippen molar-refractivity contribution >= 4 is 17.0 Å². The van der Waals surface area contributed by atoms with E-state index in [2.05, 4.69) is 4.74 Å². The summed E-state index contributed by atoms with van der Waals surface area (Å²) in [4.78, 5) is 10.8. The highest BCUT2D eigenvalue weighted by molar-refractivity contribution is 7.79. The predicted molar refractivity (Wildman–Crippen MR) is 39.6 cm³/mol. The van der Waals surface area contributed by atoms with Crippen LogP contribution in [0.4, 0.5) is 0 Å².